The Bertz CT molecular complexity index is 797. The molecule has 0 bridgehead atoms. The average Bonchev–Trinajstić information content (AvgIpc) is 3.15. The Labute approximate surface area is 157 Å². The Morgan fingerprint density at radius 3 is 2.69 bits per heavy atom. The number of nitrogens with zero attached hydrogens (tertiary/aromatic N) is 1. The van der Waals surface area contributed by atoms with E-state index < -0.39 is 0 Å². The second kappa shape index (κ2) is 8.29. The SMILES string of the molecule is C/C(=C\c1cccs1)C(=O)Nc1ccc(C(=O)N2CCOCC2C)cc1. The molecule has 0 spiro atoms. The highest BCUT2D eigenvalue weighted by Gasteiger charge is 2.24. The fourth-order valence-electron chi connectivity index (χ4n) is 2.77. The van der Waals surface area contributed by atoms with Crippen LogP contribution in [0.15, 0.2) is 47.4 Å². The minimum Gasteiger partial charge on any atom is -0.377 e. The lowest BCUT2D eigenvalue weighted by atomic mass is 10.1. The normalized spacial score (nSPS) is 17.8. The number of amides is 2. The zero-order valence-corrected chi connectivity index (χ0v) is 15.7. The summed E-state index contributed by atoms with van der Waals surface area (Å²) in [4.78, 5) is 27.8. The van der Waals surface area contributed by atoms with E-state index >= 15 is 0 Å². The zero-order valence-electron chi connectivity index (χ0n) is 14.9. The number of anilines is 1. The molecule has 1 aromatic carbocycles. The highest BCUT2D eigenvalue weighted by Crippen LogP contribution is 2.17. The molecule has 1 aromatic heterocycles. The molecule has 1 aliphatic heterocycles. The molecule has 0 saturated carbocycles. The molecule has 1 aliphatic rings. The van der Waals surface area contributed by atoms with Crippen molar-refractivity contribution < 1.29 is 14.3 Å². The van der Waals surface area contributed by atoms with Crippen LogP contribution in [-0.4, -0.2) is 42.5 Å². The summed E-state index contributed by atoms with van der Waals surface area (Å²) in [5.41, 5.74) is 1.91. The second-order valence-electron chi connectivity index (χ2n) is 6.30. The lowest BCUT2D eigenvalue weighted by Gasteiger charge is -2.33. The van der Waals surface area contributed by atoms with E-state index in [2.05, 4.69) is 5.32 Å². The van der Waals surface area contributed by atoms with Crippen molar-refractivity contribution in [1.82, 2.24) is 4.90 Å². The number of carbonyl (C=O) groups is 2. The molecule has 1 atom stereocenters. The maximum absolute atomic E-state index is 12.6. The first-order valence-electron chi connectivity index (χ1n) is 8.56. The molecule has 26 heavy (non-hydrogen) atoms. The van der Waals surface area contributed by atoms with Gasteiger partial charge in [0.2, 0.25) is 0 Å². The summed E-state index contributed by atoms with van der Waals surface area (Å²) in [5.74, 6) is -0.160. The van der Waals surface area contributed by atoms with Crippen molar-refractivity contribution in [3.05, 3.63) is 57.8 Å². The maximum Gasteiger partial charge on any atom is 0.254 e. The van der Waals surface area contributed by atoms with Crippen molar-refractivity contribution in [1.29, 1.82) is 0 Å². The predicted octanol–water partition coefficient (Wildman–Crippen LogP) is 3.65. The topological polar surface area (TPSA) is 58.6 Å². The molecule has 2 aromatic rings. The molecule has 0 aliphatic carbocycles. The van der Waals surface area contributed by atoms with Gasteiger partial charge in [0.15, 0.2) is 0 Å². The van der Waals surface area contributed by atoms with E-state index in [1.807, 2.05) is 35.4 Å². The van der Waals surface area contributed by atoms with E-state index in [4.69, 9.17) is 4.74 Å². The first kappa shape index (κ1) is 18.4. The summed E-state index contributed by atoms with van der Waals surface area (Å²) in [6.45, 7) is 5.50. The van der Waals surface area contributed by atoms with Gasteiger partial charge in [-0.3, -0.25) is 9.59 Å². The van der Waals surface area contributed by atoms with Gasteiger partial charge in [0.05, 0.1) is 19.3 Å². The highest BCUT2D eigenvalue weighted by atomic mass is 32.1. The minimum atomic E-state index is -0.153. The van der Waals surface area contributed by atoms with Gasteiger partial charge in [0, 0.05) is 28.2 Å². The van der Waals surface area contributed by atoms with E-state index in [1.165, 1.54) is 0 Å². The molecular weight excluding hydrogens is 348 g/mol. The number of rotatable bonds is 4. The van der Waals surface area contributed by atoms with E-state index in [9.17, 15) is 9.59 Å². The van der Waals surface area contributed by atoms with E-state index in [-0.39, 0.29) is 17.9 Å². The Morgan fingerprint density at radius 2 is 2.04 bits per heavy atom. The Hall–Kier alpha value is -2.44. The molecule has 6 heteroatoms. The number of morpholine rings is 1. The van der Waals surface area contributed by atoms with E-state index in [0.29, 0.717) is 36.6 Å². The van der Waals surface area contributed by atoms with Crippen LogP contribution >= 0.6 is 11.3 Å². The Kier molecular flexibility index (Phi) is 5.85. The molecular formula is C20H22N2O3S. The Balaban J connectivity index is 1.64. The van der Waals surface area contributed by atoms with Crippen LogP contribution in [-0.2, 0) is 9.53 Å². The maximum atomic E-state index is 12.6. The van der Waals surface area contributed by atoms with Crippen LogP contribution < -0.4 is 5.32 Å². The van der Waals surface area contributed by atoms with Gasteiger partial charge in [0.1, 0.15) is 0 Å². The summed E-state index contributed by atoms with van der Waals surface area (Å²) in [6, 6.07) is 11.0. The number of ether oxygens (including phenoxy) is 1. The number of thiophene rings is 1. The average molecular weight is 370 g/mol. The molecule has 1 saturated heterocycles. The van der Waals surface area contributed by atoms with Crippen molar-refractivity contribution in [2.75, 3.05) is 25.1 Å². The quantitative estimate of drug-likeness (QED) is 0.836. The standard InChI is InChI=1S/C20H22N2O3S/c1-14(12-18-4-3-11-26-18)19(23)21-17-7-5-16(6-8-17)20(24)22-9-10-25-13-15(22)2/h3-8,11-12,15H,9-10,13H2,1-2H3,(H,21,23)/b14-12+. The first-order chi connectivity index (χ1) is 12.5. The molecule has 0 radical (unpaired) electrons. The smallest absolute Gasteiger partial charge is 0.254 e. The second-order valence-corrected chi connectivity index (χ2v) is 7.28. The van der Waals surface area contributed by atoms with Crippen molar-refractivity contribution in [2.45, 2.75) is 19.9 Å². The number of benzene rings is 1. The lowest BCUT2D eigenvalue weighted by Crippen LogP contribution is -2.47. The Morgan fingerprint density at radius 1 is 1.27 bits per heavy atom. The molecule has 1 unspecified atom stereocenters. The van der Waals surface area contributed by atoms with Crippen LogP contribution in [0.5, 0.6) is 0 Å². The summed E-state index contributed by atoms with van der Waals surface area (Å²) < 4.78 is 5.37. The third-order valence-corrected chi connectivity index (χ3v) is 5.10. The minimum absolute atomic E-state index is 0.00699. The molecule has 5 nitrogen and oxygen atoms in total. The van der Waals surface area contributed by atoms with Crippen LogP contribution in [0.3, 0.4) is 0 Å². The van der Waals surface area contributed by atoms with Crippen molar-refractivity contribution >= 4 is 34.9 Å². The van der Waals surface area contributed by atoms with Gasteiger partial charge >= 0.3 is 0 Å². The largest absolute Gasteiger partial charge is 0.377 e. The third kappa shape index (κ3) is 4.39. The number of hydrogen-bond acceptors (Lipinski definition) is 4. The van der Waals surface area contributed by atoms with Crippen LogP contribution in [0.1, 0.15) is 29.1 Å². The molecule has 1 fully saturated rings. The van der Waals surface area contributed by atoms with Gasteiger partial charge in [-0.15, -0.1) is 11.3 Å². The summed E-state index contributed by atoms with van der Waals surface area (Å²) in [6.07, 6.45) is 1.86. The van der Waals surface area contributed by atoms with Gasteiger partial charge in [-0.1, -0.05) is 6.07 Å². The third-order valence-electron chi connectivity index (χ3n) is 4.28. The van der Waals surface area contributed by atoms with Crippen LogP contribution in [0.4, 0.5) is 5.69 Å². The van der Waals surface area contributed by atoms with E-state index in [0.717, 1.165) is 4.88 Å². The summed E-state index contributed by atoms with van der Waals surface area (Å²) in [5, 5.41) is 4.84. The lowest BCUT2D eigenvalue weighted by molar-refractivity contribution is -0.112. The van der Waals surface area contributed by atoms with Gasteiger partial charge in [-0.05, 0) is 55.6 Å². The molecule has 136 valence electrons. The fraction of sp³-hybridized carbons (Fsp3) is 0.300. The van der Waals surface area contributed by atoms with Crippen LogP contribution in [0.2, 0.25) is 0 Å². The highest BCUT2D eigenvalue weighted by molar-refractivity contribution is 7.10. The number of hydrogen-bond donors (Lipinski definition) is 1. The fourth-order valence-corrected chi connectivity index (χ4v) is 3.49. The first-order valence-corrected chi connectivity index (χ1v) is 9.44. The van der Waals surface area contributed by atoms with Crippen LogP contribution in [0, 0.1) is 0 Å². The van der Waals surface area contributed by atoms with Crippen molar-refractivity contribution in [3.8, 4) is 0 Å². The predicted molar refractivity (Wildman–Crippen MR) is 104 cm³/mol. The van der Waals surface area contributed by atoms with Crippen molar-refractivity contribution in [2.24, 2.45) is 0 Å². The molecule has 2 amide bonds. The molecule has 1 N–H and O–H groups in total. The monoisotopic (exact) mass is 370 g/mol. The van der Waals surface area contributed by atoms with E-state index in [1.54, 1.807) is 42.5 Å². The van der Waals surface area contributed by atoms with Gasteiger partial charge < -0.3 is 15.0 Å². The van der Waals surface area contributed by atoms with Gasteiger partial charge in [-0.25, -0.2) is 0 Å². The number of carbonyl (C=O) groups excluding carboxylic acids is 2. The van der Waals surface area contributed by atoms with Crippen molar-refractivity contribution in [3.63, 3.8) is 0 Å². The summed E-state index contributed by atoms with van der Waals surface area (Å²) >= 11 is 1.59. The molecule has 2 heterocycles. The van der Waals surface area contributed by atoms with Crippen LogP contribution in [0.25, 0.3) is 6.08 Å². The zero-order chi connectivity index (χ0) is 18.5. The van der Waals surface area contributed by atoms with Gasteiger partial charge in [0.25, 0.3) is 11.8 Å². The number of nitrogens with one attached hydrogen (secondary N) is 1. The van der Waals surface area contributed by atoms with Gasteiger partial charge in [-0.2, -0.15) is 0 Å². The summed E-state index contributed by atoms with van der Waals surface area (Å²) in [7, 11) is 0. The molecule has 3 rings (SSSR count).